The van der Waals surface area contributed by atoms with Crippen molar-refractivity contribution in [3.8, 4) is 0 Å². The highest BCUT2D eigenvalue weighted by molar-refractivity contribution is 5.83. The molecule has 2 amide bonds. The highest BCUT2D eigenvalue weighted by Gasteiger charge is 2.37. The fourth-order valence-electron chi connectivity index (χ4n) is 3.20. The fourth-order valence-corrected chi connectivity index (χ4v) is 3.20. The van der Waals surface area contributed by atoms with Gasteiger partial charge in [-0.2, -0.15) is 0 Å². The number of likely N-dealkylation sites (tertiary alicyclic amines) is 2. The van der Waals surface area contributed by atoms with Crippen LogP contribution in [-0.2, 0) is 9.59 Å². The average molecular weight is 265 g/mol. The van der Waals surface area contributed by atoms with E-state index >= 15 is 0 Å². The zero-order valence-electron chi connectivity index (χ0n) is 11.6. The zero-order chi connectivity index (χ0) is 13.4. The van der Waals surface area contributed by atoms with Crippen molar-refractivity contribution < 1.29 is 9.59 Å². The monoisotopic (exact) mass is 265 g/mol. The molecule has 3 rings (SSSR count). The van der Waals surface area contributed by atoms with Crippen LogP contribution in [0.1, 0.15) is 38.5 Å². The highest BCUT2D eigenvalue weighted by atomic mass is 16.2. The minimum Gasteiger partial charge on any atom is -0.344 e. The van der Waals surface area contributed by atoms with Crippen LogP contribution in [0.4, 0.5) is 0 Å². The fraction of sp³-hybridized carbons (Fsp3) is 0.857. The molecule has 2 saturated heterocycles. The second kappa shape index (κ2) is 5.12. The topological polar surface area (TPSA) is 52.6 Å². The molecule has 2 atom stereocenters. The van der Waals surface area contributed by atoms with E-state index in [4.69, 9.17) is 0 Å². The molecular weight excluding hydrogens is 242 g/mol. The van der Waals surface area contributed by atoms with Gasteiger partial charge >= 0.3 is 0 Å². The molecule has 0 radical (unpaired) electrons. The van der Waals surface area contributed by atoms with Gasteiger partial charge in [0.15, 0.2) is 0 Å². The van der Waals surface area contributed by atoms with Crippen molar-refractivity contribution in [2.24, 2.45) is 0 Å². The Kier molecular flexibility index (Phi) is 3.48. The van der Waals surface area contributed by atoms with Gasteiger partial charge in [-0.15, -0.1) is 0 Å². The van der Waals surface area contributed by atoms with Crippen molar-refractivity contribution >= 4 is 11.8 Å². The molecule has 2 aliphatic heterocycles. The first-order valence-electron chi connectivity index (χ1n) is 7.45. The van der Waals surface area contributed by atoms with E-state index in [1.165, 1.54) is 12.8 Å². The first-order valence-corrected chi connectivity index (χ1v) is 7.45. The molecule has 1 aliphatic carbocycles. The van der Waals surface area contributed by atoms with Crippen LogP contribution in [0.5, 0.6) is 0 Å². The Hall–Kier alpha value is -1.10. The van der Waals surface area contributed by atoms with E-state index in [2.05, 4.69) is 5.32 Å². The molecule has 2 unspecified atom stereocenters. The number of hydrogen-bond donors (Lipinski definition) is 1. The van der Waals surface area contributed by atoms with E-state index in [1.807, 2.05) is 11.9 Å². The van der Waals surface area contributed by atoms with Crippen LogP contribution in [0.15, 0.2) is 0 Å². The number of piperidine rings is 2. The molecule has 3 fully saturated rings. The maximum atomic E-state index is 12.5. The van der Waals surface area contributed by atoms with Crippen LogP contribution in [0, 0.1) is 0 Å². The Bertz CT molecular complexity index is 381. The predicted molar refractivity (Wildman–Crippen MR) is 71.6 cm³/mol. The van der Waals surface area contributed by atoms with Gasteiger partial charge in [-0.3, -0.25) is 9.59 Å². The molecule has 19 heavy (non-hydrogen) atoms. The molecule has 1 N–H and O–H groups in total. The summed E-state index contributed by atoms with van der Waals surface area (Å²) >= 11 is 0. The standard InChI is InChI=1S/C14H23N3O2/c1-16-9-11(6-7-13(16)18)17-8-2-3-12(14(17)19)15-10-4-5-10/h10-12,15H,2-9H2,1H3. The molecule has 5 heteroatoms. The van der Waals surface area contributed by atoms with Gasteiger partial charge in [0.2, 0.25) is 11.8 Å². The molecule has 1 saturated carbocycles. The number of carbonyl (C=O) groups is 2. The highest BCUT2D eigenvalue weighted by Crippen LogP contribution is 2.25. The summed E-state index contributed by atoms with van der Waals surface area (Å²) in [6.07, 6.45) is 5.86. The van der Waals surface area contributed by atoms with Crippen LogP contribution >= 0.6 is 0 Å². The molecule has 0 aromatic carbocycles. The summed E-state index contributed by atoms with van der Waals surface area (Å²) in [5.74, 6) is 0.458. The van der Waals surface area contributed by atoms with Gasteiger partial charge < -0.3 is 15.1 Å². The van der Waals surface area contributed by atoms with Crippen LogP contribution in [0.2, 0.25) is 0 Å². The van der Waals surface area contributed by atoms with Crippen molar-refractivity contribution in [1.82, 2.24) is 15.1 Å². The van der Waals surface area contributed by atoms with Crippen LogP contribution in [0.3, 0.4) is 0 Å². The average Bonchev–Trinajstić information content (AvgIpc) is 3.20. The Morgan fingerprint density at radius 3 is 2.63 bits per heavy atom. The van der Waals surface area contributed by atoms with E-state index in [0.29, 0.717) is 19.0 Å². The minimum atomic E-state index is 0.0178. The lowest BCUT2D eigenvalue weighted by molar-refractivity contribution is -0.144. The van der Waals surface area contributed by atoms with E-state index in [-0.39, 0.29) is 23.9 Å². The second-order valence-electron chi connectivity index (χ2n) is 6.13. The number of likely N-dealkylation sites (N-methyl/N-ethyl adjacent to an activating group) is 1. The minimum absolute atomic E-state index is 0.0178. The largest absolute Gasteiger partial charge is 0.344 e. The summed E-state index contributed by atoms with van der Waals surface area (Å²) in [6.45, 7) is 1.55. The first-order chi connectivity index (χ1) is 9.15. The number of nitrogens with zero attached hydrogens (tertiary/aromatic N) is 2. The molecule has 0 spiro atoms. The molecule has 3 aliphatic rings. The second-order valence-corrected chi connectivity index (χ2v) is 6.13. The lowest BCUT2D eigenvalue weighted by Crippen LogP contribution is -2.58. The third kappa shape index (κ3) is 2.76. The maximum Gasteiger partial charge on any atom is 0.240 e. The summed E-state index contributed by atoms with van der Waals surface area (Å²) in [7, 11) is 1.84. The molecule has 0 bridgehead atoms. The normalized spacial score (nSPS) is 32.9. The molecule has 5 nitrogen and oxygen atoms in total. The SMILES string of the molecule is CN1CC(N2CCCC(NC3CC3)C2=O)CCC1=O. The van der Waals surface area contributed by atoms with Gasteiger partial charge in [0.25, 0.3) is 0 Å². The number of rotatable bonds is 3. The third-order valence-corrected chi connectivity index (χ3v) is 4.53. The van der Waals surface area contributed by atoms with Gasteiger partial charge in [-0.1, -0.05) is 0 Å². The lowest BCUT2D eigenvalue weighted by atomic mass is 9.98. The van der Waals surface area contributed by atoms with Crippen molar-refractivity contribution in [2.45, 2.75) is 56.7 Å². The predicted octanol–water partition coefficient (Wildman–Crippen LogP) is 0.350. The van der Waals surface area contributed by atoms with Gasteiger partial charge in [-0.05, 0) is 32.1 Å². The van der Waals surface area contributed by atoms with Gasteiger partial charge in [0, 0.05) is 38.6 Å². The van der Waals surface area contributed by atoms with Gasteiger partial charge in [0.05, 0.1) is 6.04 Å². The van der Waals surface area contributed by atoms with Crippen LogP contribution in [-0.4, -0.2) is 59.9 Å². The zero-order valence-corrected chi connectivity index (χ0v) is 11.6. The molecule has 0 aromatic heterocycles. The first kappa shape index (κ1) is 12.9. The van der Waals surface area contributed by atoms with E-state index in [9.17, 15) is 9.59 Å². The summed E-state index contributed by atoms with van der Waals surface area (Å²) in [5.41, 5.74) is 0. The van der Waals surface area contributed by atoms with Gasteiger partial charge in [-0.25, -0.2) is 0 Å². The van der Waals surface area contributed by atoms with Crippen molar-refractivity contribution in [3.63, 3.8) is 0 Å². The maximum absolute atomic E-state index is 12.5. The Labute approximate surface area is 114 Å². The Morgan fingerprint density at radius 2 is 1.95 bits per heavy atom. The third-order valence-electron chi connectivity index (χ3n) is 4.53. The lowest BCUT2D eigenvalue weighted by Gasteiger charge is -2.42. The smallest absolute Gasteiger partial charge is 0.240 e. The molecule has 2 heterocycles. The van der Waals surface area contributed by atoms with Crippen LogP contribution < -0.4 is 5.32 Å². The summed E-state index contributed by atoms with van der Waals surface area (Å²) in [4.78, 5) is 27.9. The Balaban J connectivity index is 1.62. The van der Waals surface area contributed by atoms with E-state index in [0.717, 1.165) is 25.8 Å². The Morgan fingerprint density at radius 1 is 1.16 bits per heavy atom. The molecule has 0 aromatic rings. The summed E-state index contributed by atoms with van der Waals surface area (Å²) in [6, 6.07) is 0.813. The summed E-state index contributed by atoms with van der Waals surface area (Å²) < 4.78 is 0. The number of nitrogens with one attached hydrogen (secondary N) is 1. The van der Waals surface area contributed by atoms with Crippen LogP contribution in [0.25, 0.3) is 0 Å². The van der Waals surface area contributed by atoms with Gasteiger partial charge in [0.1, 0.15) is 0 Å². The quantitative estimate of drug-likeness (QED) is 0.801. The number of amides is 2. The number of carbonyl (C=O) groups excluding carboxylic acids is 2. The number of hydrogen-bond acceptors (Lipinski definition) is 3. The molecular formula is C14H23N3O2. The molecule has 106 valence electrons. The van der Waals surface area contributed by atoms with E-state index in [1.54, 1.807) is 4.90 Å². The van der Waals surface area contributed by atoms with Crippen molar-refractivity contribution in [3.05, 3.63) is 0 Å². The van der Waals surface area contributed by atoms with Crippen molar-refractivity contribution in [2.75, 3.05) is 20.1 Å². The van der Waals surface area contributed by atoms with E-state index < -0.39 is 0 Å². The van der Waals surface area contributed by atoms with Crippen molar-refractivity contribution in [1.29, 1.82) is 0 Å². The summed E-state index contributed by atoms with van der Waals surface area (Å²) in [5, 5.41) is 3.46.